The molecule has 1 heterocycles. The molecule has 1 unspecified atom stereocenters. The van der Waals surface area contributed by atoms with Gasteiger partial charge in [0.05, 0.1) is 18.7 Å². The predicted molar refractivity (Wildman–Crippen MR) is 74.6 cm³/mol. The van der Waals surface area contributed by atoms with Crippen molar-refractivity contribution in [3.63, 3.8) is 0 Å². The topological polar surface area (TPSA) is 65.4 Å². The molecule has 0 radical (unpaired) electrons. The molecular weight excluding hydrogens is 254 g/mol. The Balaban J connectivity index is 1.89. The smallest absolute Gasteiger partial charge is 0.244 e. The van der Waals surface area contributed by atoms with Gasteiger partial charge in [-0.15, -0.1) is 0 Å². The van der Waals surface area contributed by atoms with Crippen molar-refractivity contribution in [1.29, 1.82) is 5.26 Å². The van der Waals surface area contributed by atoms with Crippen LogP contribution in [-0.2, 0) is 4.79 Å². The molecule has 2 aliphatic rings. The zero-order valence-corrected chi connectivity index (χ0v) is 11.4. The Bertz CT molecular complexity index is 575. The Morgan fingerprint density at radius 3 is 2.85 bits per heavy atom. The molecule has 1 amide bonds. The normalized spacial score (nSPS) is 21.9. The maximum atomic E-state index is 12.5. The van der Waals surface area contributed by atoms with Crippen molar-refractivity contribution in [3.05, 3.63) is 23.8 Å². The fourth-order valence-electron chi connectivity index (χ4n) is 2.65. The predicted octanol–water partition coefficient (Wildman–Crippen LogP) is 1.42. The van der Waals surface area contributed by atoms with Crippen molar-refractivity contribution in [3.8, 4) is 11.8 Å². The number of nitrogens with zero attached hydrogens (tertiary/aromatic N) is 2. The zero-order chi connectivity index (χ0) is 14.1. The average molecular weight is 271 g/mol. The van der Waals surface area contributed by atoms with Crippen LogP contribution in [0.25, 0.3) is 0 Å². The van der Waals surface area contributed by atoms with Crippen molar-refractivity contribution in [2.24, 2.45) is 0 Å². The van der Waals surface area contributed by atoms with Gasteiger partial charge in [-0.05, 0) is 31.4 Å². The highest BCUT2D eigenvalue weighted by Crippen LogP contribution is 2.35. The van der Waals surface area contributed by atoms with Gasteiger partial charge in [-0.1, -0.05) is 6.07 Å². The van der Waals surface area contributed by atoms with Gasteiger partial charge in [-0.3, -0.25) is 4.79 Å². The minimum atomic E-state index is -0.126. The van der Waals surface area contributed by atoms with Gasteiger partial charge in [-0.25, -0.2) is 0 Å². The maximum absolute atomic E-state index is 12.5. The molecule has 5 nitrogen and oxygen atoms in total. The number of methoxy groups -OCH3 is 1. The number of rotatable bonds is 4. The largest absolute Gasteiger partial charge is 0.495 e. The van der Waals surface area contributed by atoms with Gasteiger partial charge < -0.3 is 15.0 Å². The summed E-state index contributed by atoms with van der Waals surface area (Å²) >= 11 is 0. The molecule has 0 spiro atoms. The Hall–Kier alpha value is -2.06. The first-order valence-electron chi connectivity index (χ1n) is 6.89. The van der Waals surface area contributed by atoms with E-state index in [9.17, 15) is 10.1 Å². The third-order valence-corrected chi connectivity index (χ3v) is 3.83. The summed E-state index contributed by atoms with van der Waals surface area (Å²) < 4.78 is 5.31. The first kappa shape index (κ1) is 12.9. The Morgan fingerprint density at radius 1 is 1.40 bits per heavy atom. The molecule has 1 saturated carbocycles. The van der Waals surface area contributed by atoms with Gasteiger partial charge in [0.15, 0.2) is 0 Å². The number of hydrogen-bond acceptors (Lipinski definition) is 4. The van der Waals surface area contributed by atoms with Crippen LogP contribution < -0.4 is 15.0 Å². The molecule has 0 aromatic heterocycles. The molecule has 1 aromatic rings. The number of nitrogens with one attached hydrogen (secondary N) is 1. The number of para-hydroxylation sites is 1. The van der Waals surface area contributed by atoms with Crippen LogP contribution in [0, 0.1) is 11.3 Å². The number of anilines is 1. The Morgan fingerprint density at radius 2 is 2.20 bits per heavy atom. The molecule has 0 bridgehead atoms. The van der Waals surface area contributed by atoms with E-state index in [-0.39, 0.29) is 11.9 Å². The van der Waals surface area contributed by atoms with E-state index in [2.05, 4.69) is 11.4 Å². The molecule has 1 aliphatic carbocycles. The summed E-state index contributed by atoms with van der Waals surface area (Å²) in [5, 5.41) is 12.6. The summed E-state index contributed by atoms with van der Waals surface area (Å²) in [7, 11) is 1.56. The summed E-state index contributed by atoms with van der Waals surface area (Å²) in [6, 6.07) is 7.78. The van der Waals surface area contributed by atoms with E-state index in [0.29, 0.717) is 29.6 Å². The fourth-order valence-corrected chi connectivity index (χ4v) is 2.65. The fraction of sp³-hybridized carbons (Fsp3) is 0.467. The van der Waals surface area contributed by atoms with Crippen LogP contribution in [0.2, 0.25) is 0 Å². The van der Waals surface area contributed by atoms with Crippen molar-refractivity contribution >= 4 is 11.6 Å². The number of benzene rings is 1. The molecule has 1 N–H and O–H groups in total. The molecule has 1 saturated heterocycles. The molecule has 2 fully saturated rings. The van der Waals surface area contributed by atoms with Crippen LogP contribution in [0.5, 0.6) is 5.75 Å². The van der Waals surface area contributed by atoms with Crippen LogP contribution in [0.15, 0.2) is 18.2 Å². The molecule has 1 atom stereocenters. The molecular formula is C15H17N3O2. The number of hydrogen-bond donors (Lipinski definition) is 1. The molecule has 1 aliphatic heterocycles. The number of amides is 1. The van der Waals surface area contributed by atoms with E-state index in [1.54, 1.807) is 30.2 Å². The molecule has 5 heteroatoms. The lowest BCUT2D eigenvalue weighted by Gasteiger charge is -2.21. The van der Waals surface area contributed by atoms with Crippen LogP contribution in [0.4, 0.5) is 5.69 Å². The highest BCUT2D eigenvalue weighted by Gasteiger charge is 2.37. The minimum absolute atomic E-state index is 0.0397. The minimum Gasteiger partial charge on any atom is -0.495 e. The lowest BCUT2D eigenvalue weighted by atomic mass is 10.1. The van der Waals surface area contributed by atoms with E-state index < -0.39 is 0 Å². The lowest BCUT2D eigenvalue weighted by molar-refractivity contribution is -0.118. The van der Waals surface area contributed by atoms with Gasteiger partial charge in [0.1, 0.15) is 17.5 Å². The zero-order valence-electron chi connectivity index (χ0n) is 11.4. The summed E-state index contributed by atoms with van der Waals surface area (Å²) in [5.74, 6) is 0.613. The third-order valence-electron chi connectivity index (χ3n) is 3.83. The lowest BCUT2D eigenvalue weighted by Crippen LogP contribution is -2.39. The quantitative estimate of drug-likeness (QED) is 0.899. The highest BCUT2D eigenvalue weighted by molar-refractivity contribution is 6.01. The highest BCUT2D eigenvalue weighted by atomic mass is 16.5. The monoisotopic (exact) mass is 271 g/mol. The van der Waals surface area contributed by atoms with Gasteiger partial charge in [0.25, 0.3) is 0 Å². The number of ether oxygens (including phenoxy) is 1. The van der Waals surface area contributed by atoms with E-state index in [1.807, 2.05) is 0 Å². The second-order valence-electron chi connectivity index (χ2n) is 5.24. The second-order valence-corrected chi connectivity index (χ2v) is 5.24. The molecule has 1 aromatic carbocycles. The van der Waals surface area contributed by atoms with E-state index >= 15 is 0 Å². The van der Waals surface area contributed by atoms with Gasteiger partial charge in [-0.2, -0.15) is 5.26 Å². The van der Waals surface area contributed by atoms with Gasteiger partial charge >= 0.3 is 0 Å². The Kier molecular flexibility index (Phi) is 3.33. The summed E-state index contributed by atoms with van der Waals surface area (Å²) in [4.78, 5) is 14.2. The summed E-state index contributed by atoms with van der Waals surface area (Å²) in [5.41, 5.74) is 1.08. The maximum Gasteiger partial charge on any atom is 0.244 e. The van der Waals surface area contributed by atoms with Crippen molar-refractivity contribution in [2.75, 3.05) is 18.6 Å². The number of nitriles is 1. The van der Waals surface area contributed by atoms with Crippen molar-refractivity contribution in [1.82, 2.24) is 5.32 Å². The first-order chi connectivity index (χ1) is 9.74. The van der Waals surface area contributed by atoms with Crippen LogP contribution >= 0.6 is 0 Å². The van der Waals surface area contributed by atoms with Gasteiger partial charge in [0, 0.05) is 12.6 Å². The van der Waals surface area contributed by atoms with Gasteiger partial charge in [0.2, 0.25) is 5.91 Å². The molecule has 3 rings (SSSR count). The van der Waals surface area contributed by atoms with Crippen molar-refractivity contribution < 1.29 is 9.53 Å². The van der Waals surface area contributed by atoms with E-state index in [0.717, 1.165) is 19.3 Å². The number of carbonyl (C=O) groups is 1. The standard InChI is InChI=1S/C15H17N3O2/c1-20-13-4-2-3-10(9-16)14(13)18-8-7-12(15(18)19)17-11-5-6-11/h2-4,11-12,17H,5-8H2,1H3. The van der Waals surface area contributed by atoms with Crippen LogP contribution in [-0.4, -0.2) is 31.6 Å². The molecule has 20 heavy (non-hydrogen) atoms. The SMILES string of the molecule is COc1cccc(C#N)c1N1CCC(NC2CC2)C1=O. The number of carbonyl (C=O) groups excluding carboxylic acids is 1. The average Bonchev–Trinajstić information content (AvgIpc) is 3.23. The van der Waals surface area contributed by atoms with E-state index in [4.69, 9.17) is 4.74 Å². The first-order valence-corrected chi connectivity index (χ1v) is 6.89. The summed E-state index contributed by atoms with van der Waals surface area (Å²) in [6.07, 6.45) is 3.09. The van der Waals surface area contributed by atoms with E-state index in [1.165, 1.54) is 0 Å². The third kappa shape index (κ3) is 2.23. The summed E-state index contributed by atoms with van der Waals surface area (Å²) in [6.45, 7) is 0.623. The van der Waals surface area contributed by atoms with Crippen molar-refractivity contribution in [2.45, 2.75) is 31.3 Å². The van der Waals surface area contributed by atoms with Crippen LogP contribution in [0.3, 0.4) is 0 Å². The molecule has 104 valence electrons. The second kappa shape index (κ2) is 5.14. The van der Waals surface area contributed by atoms with Crippen LogP contribution in [0.1, 0.15) is 24.8 Å². The Labute approximate surface area is 118 Å².